The Morgan fingerprint density at radius 2 is 1.19 bits per heavy atom. The Hall–Kier alpha value is 2.04. The van der Waals surface area contributed by atoms with E-state index in [0.29, 0.717) is 39.6 Å². The van der Waals surface area contributed by atoms with Gasteiger partial charge in [-0.05, 0) is 12.8 Å². The monoisotopic (exact) mass is 557 g/mol. The van der Waals surface area contributed by atoms with E-state index in [4.69, 9.17) is 30.2 Å². The molecule has 0 spiro atoms. The van der Waals surface area contributed by atoms with Gasteiger partial charge >= 0.3 is 51.4 Å². The summed E-state index contributed by atoms with van der Waals surface area (Å²) in [5, 5.41) is 16.3. The van der Waals surface area contributed by atoms with Gasteiger partial charge in [0.15, 0.2) is 0 Å². The first kappa shape index (κ1) is 39.5. The summed E-state index contributed by atoms with van der Waals surface area (Å²) < 4.78 is 39.8. The number of ether oxygens (including phenoxy) is 3. The van der Waals surface area contributed by atoms with Crippen LogP contribution in [0.25, 0.3) is 0 Å². The molecule has 0 heterocycles. The molecule has 0 bridgehead atoms. The molecule has 0 unspecified atom stereocenters. The van der Waals surface area contributed by atoms with E-state index in [2.05, 4.69) is 4.18 Å². The second-order valence-corrected chi connectivity index (χ2v) is 6.24. The molecule has 0 fully saturated rings. The Morgan fingerprint density at radius 3 is 1.52 bits per heavy atom. The number of rotatable bonds is 14. The van der Waals surface area contributed by atoms with Crippen molar-refractivity contribution in [2.45, 2.75) is 26.7 Å². The summed E-state index contributed by atoms with van der Waals surface area (Å²) in [7, 11) is -3.29. The summed E-state index contributed by atoms with van der Waals surface area (Å²) >= 11 is 0. The Morgan fingerprint density at radius 1 is 0.778 bits per heavy atom. The van der Waals surface area contributed by atoms with Crippen molar-refractivity contribution in [1.29, 1.82) is 0 Å². The summed E-state index contributed by atoms with van der Waals surface area (Å²) in [6, 6.07) is 0. The Labute approximate surface area is 224 Å². The largest absolute Gasteiger partial charge is 1.00 e. The molecule has 27 heavy (non-hydrogen) atoms. The van der Waals surface area contributed by atoms with Crippen molar-refractivity contribution in [3.63, 3.8) is 0 Å². The first-order valence-corrected chi connectivity index (χ1v) is 10.2. The number of aliphatic hydroxyl groups is 2. The van der Waals surface area contributed by atoms with Crippen LogP contribution in [0.1, 0.15) is 26.7 Å². The number of hydrogen-bond donors (Lipinski definition) is 3. The average Bonchev–Trinajstić information content (AvgIpc) is 2.56. The van der Waals surface area contributed by atoms with Gasteiger partial charge in [0.2, 0.25) is 0 Å². The first-order valence-electron chi connectivity index (χ1n) is 8.38. The normalized spacial score (nSPS) is 9.70. The van der Waals surface area contributed by atoms with Crippen molar-refractivity contribution in [3.8, 4) is 0 Å². The second-order valence-electron chi connectivity index (χ2n) is 4.60. The average molecular weight is 558 g/mol. The van der Waals surface area contributed by atoms with Crippen molar-refractivity contribution in [2.24, 2.45) is 5.73 Å². The zero-order valence-corrected chi connectivity index (χ0v) is 23.3. The van der Waals surface area contributed by atoms with Gasteiger partial charge in [0, 0.05) is 19.8 Å². The molecule has 0 saturated heterocycles. The van der Waals surface area contributed by atoms with Crippen molar-refractivity contribution >= 4 is 10.1 Å². The van der Waals surface area contributed by atoms with E-state index in [0.717, 1.165) is 25.7 Å². The van der Waals surface area contributed by atoms with Gasteiger partial charge in [-0.1, -0.05) is 13.8 Å². The number of halogens is 1. The number of nitrogens with two attached hydrogens (primary N) is 1. The molecule has 0 aromatic heterocycles. The van der Waals surface area contributed by atoms with Crippen LogP contribution in [0.2, 0.25) is 0 Å². The summed E-state index contributed by atoms with van der Waals surface area (Å²) in [6.45, 7) is 8.05. The maximum absolute atomic E-state index is 10.4. The van der Waals surface area contributed by atoms with Crippen molar-refractivity contribution in [2.75, 3.05) is 72.3 Å². The van der Waals surface area contributed by atoms with Crippen LogP contribution >= 0.6 is 0 Å². The number of aliphatic hydroxyl groups excluding tert-OH is 2. The van der Waals surface area contributed by atoms with Crippen LogP contribution in [0.15, 0.2) is 0 Å². The van der Waals surface area contributed by atoms with E-state index in [1.54, 1.807) is 0 Å². The molecule has 0 aliphatic rings. The van der Waals surface area contributed by atoms with Crippen LogP contribution in [-0.2, 0) is 28.5 Å². The molecular weight excluding hydrogens is 520 g/mol. The quantitative estimate of drug-likeness (QED) is 0.0825. The molecule has 0 aliphatic carbocycles. The molecule has 0 aliphatic heterocycles. The van der Waals surface area contributed by atoms with Gasteiger partial charge in [-0.25, -0.2) is 0 Å². The third kappa shape index (κ3) is 58.4. The van der Waals surface area contributed by atoms with E-state index in [1.807, 2.05) is 13.8 Å². The Balaban J connectivity index is -0.0000000898. The molecule has 12 heteroatoms. The molecule has 164 valence electrons. The molecule has 9 nitrogen and oxygen atoms in total. The van der Waals surface area contributed by atoms with Crippen LogP contribution in [-0.4, -0.2) is 90.9 Å². The SMILES string of the molecule is CCCOCCO.CCCOCCOS(C)(=O)=O.NCCOCCO.[I-].[K+]. The predicted molar refractivity (Wildman–Crippen MR) is 97.1 cm³/mol. The minimum absolute atomic E-state index is 0. The van der Waals surface area contributed by atoms with Gasteiger partial charge in [0.1, 0.15) is 0 Å². The topological polar surface area (TPSA) is 138 Å². The molecule has 0 saturated carbocycles. The summed E-state index contributed by atoms with van der Waals surface area (Å²) in [6.07, 6.45) is 2.98. The van der Waals surface area contributed by atoms with Crippen molar-refractivity contribution in [3.05, 3.63) is 0 Å². The smallest absolute Gasteiger partial charge is 1.00 e. The van der Waals surface area contributed by atoms with E-state index in [9.17, 15) is 8.42 Å². The minimum atomic E-state index is -3.29. The van der Waals surface area contributed by atoms with Gasteiger partial charge < -0.3 is 54.1 Å². The number of hydrogen-bond acceptors (Lipinski definition) is 9. The third-order valence-electron chi connectivity index (χ3n) is 1.96. The molecule has 0 atom stereocenters. The van der Waals surface area contributed by atoms with E-state index < -0.39 is 10.1 Å². The maximum Gasteiger partial charge on any atom is 1.00 e. The standard InChI is InChI=1S/C6H14O4S.C5H12O2.C4H11NO2.HI.K/c1-3-4-9-5-6-10-11(2,7)8;1-2-4-7-5-3-6;5-1-3-7-4-2-6;;/h3-6H2,1-2H3;6H,2-5H2,1H3;6H,1-5H2;1H;/q;;;;+1/p-1. The minimum Gasteiger partial charge on any atom is -1.00 e. The molecule has 0 radical (unpaired) electrons. The fourth-order valence-electron chi connectivity index (χ4n) is 1.05. The summed E-state index contributed by atoms with van der Waals surface area (Å²) in [4.78, 5) is 0. The third-order valence-corrected chi connectivity index (χ3v) is 2.55. The molecular formula is C15H37IKNO8S. The maximum atomic E-state index is 10.4. The first-order chi connectivity index (χ1) is 11.9. The van der Waals surface area contributed by atoms with E-state index in [-0.39, 0.29) is 95.2 Å². The van der Waals surface area contributed by atoms with Gasteiger partial charge in [0.05, 0.1) is 52.5 Å². The van der Waals surface area contributed by atoms with Crippen LogP contribution in [0.3, 0.4) is 0 Å². The van der Waals surface area contributed by atoms with Crippen LogP contribution in [0.5, 0.6) is 0 Å². The summed E-state index contributed by atoms with van der Waals surface area (Å²) in [5.74, 6) is 0. The fourth-order valence-corrected chi connectivity index (χ4v) is 1.42. The van der Waals surface area contributed by atoms with E-state index in [1.165, 1.54) is 0 Å². The van der Waals surface area contributed by atoms with Crippen LogP contribution in [0.4, 0.5) is 0 Å². The van der Waals surface area contributed by atoms with Crippen LogP contribution in [0, 0.1) is 0 Å². The van der Waals surface area contributed by atoms with Crippen molar-refractivity contribution < 1.29 is 112 Å². The molecule has 0 aromatic rings. The zero-order chi connectivity index (χ0) is 19.8. The molecule has 0 rings (SSSR count). The second kappa shape index (κ2) is 35.5. The van der Waals surface area contributed by atoms with Crippen molar-refractivity contribution in [1.82, 2.24) is 0 Å². The molecule has 0 aromatic carbocycles. The van der Waals surface area contributed by atoms with Gasteiger partial charge in [-0.15, -0.1) is 0 Å². The fraction of sp³-hybridized carbons (Fsp3) is 1.00. The molecule has 0 amide bonds. The Bertz CT molecular complexity index is 309. The van der Waals surface area contributed by atoms with E-state index >= 15 is 0 Å². The van der Waals surface area contributed by atoms with Gasteiger partial charge in [-0.3, -0.25) is 4.18 Å². The molecule has 4 N–H and O–H groups in total. The summed E-state index contributed by atoms with van der Waals surface area (Å²) in [5.41, 5.74) is 5.06. The van der Waals surface area contributed by atoms with Crippen LogP contribution < -0.4 is 81.1 Å². The Kier molecular flexibility index (Phi) is 51.9. The zero-order valence-electron chi connectivity index (χ0n) is 17.2. The predicted octanol–water partition coefficient (Wildman–Crippen LogP) is -6.24. The van der Waals surface area contributed by atoms with Gasteiger partial charge in [0.25, 0.3) is 10.1 Å². The van der Waals surface area contributed by atoms with Gasteiger partial charge in [-0.2, -0.15) is 8.42 Å².